The van der Waals surface area contributed by atoms with Gasteiger partial charge in [-0.2, -0.15) is 0 Å². The molecule has 0 radical (unpaired) electrons. The molecule has 1 aromatic carbocycles. The fourth-order valence-electron chi connectivity index (χ4n) is 6.21. The molecule has 0 aliphatic heterocycles. The molecule has 0 amide bonds. The van der Waals surface area contributed by atoms with Crippen molar-refractivity contribution in [2.75, 3.05) is 13.2 Å². The van der Waals surface area contributed by atoms with Crippen LogP contribution in [0.4, 0.5) is 0 Å². The summed E-state index contributed by atoms with van der Waals surface area (Å²) in [6, 6.07) is 3.12. The van der Waals surface area contributed by atoms with Gasteiger partial charge in [0.05, 0.1) is 29.2 Å². The van der Waals surface area contributed by atoms with Crippen molar-refractivity contribution in [1.29, 1.82) is 0 Å². The van der Waals surface area contributed by atoms with Crippen molar-refractivity contribution < 1.29 is 83.4 Å². The Morgan fingerprint density at radius 3 is 1.19 bits per heavy atom. The molecule has 53 heavy (non-hydrogen) atoms. The summed E-state index contributed by atoms with van der Waals surface area (Å²) in [7, 11) is -4.82. The van der Waals surface area contributed by atoms with Gasteiger partial charge in [-0.1, -0.05) is 154 Å². The Morgan fingerprint density at radius 1 is 0.509 bits per heavy atom. The van der Waals surface area contributed by atoms with Crippen LogP contribution in [0.1, 0.15) is 214 Å². The molecular formula is C44H73KO7S. The summed E-state index contributed by atoms with van der Waals surface area (Å²) in [6.07, 6.45) is 42.1. The van der Waals surface area contributed by atoms with Crippen molar-refractivity contribution in [3.63, 3.8) is 0 Å². The van der Waals surface area contributed by atoms with Gasteiger partial charge in [0.15, 0.2) is 0 Å². The third-order valence-corrected chi connectivity index (χ3v) is 10.3. The smallest absolute Gasteiger partial charge is 0.744 e. The SMILES string of the molecule is CCCCCCCC/C=C/CCCCCCCCOC(=O)c1ccc(S(=O)(=O)[O-])cc1C(=O)OCCCCCCCC/C=C/CCCCCCCC.[K+]. The van der Waals surface area contributed by atoms with E-state index in [0.29, 0.717) is 12.8 Å². The fourth-order valence-corrected chi connectivity index (χ4v) is 6.71. The first kappa shape index (κ1) is 52.2. The Bertz CT molecular complexity index is 1210. The number of carbonyl (C=O) groups is 2. The Hall–Kier alpha value is -0.814. The third-order valence-electron chi connectivity index (χ3n) is 9.50. The van der Waals surface area contributed by atoms with E-state index in [1.54, 1.807) is 0 Å². The van der Waals surface area contributed by atoms with E-state index in [-0.39, 0.29) is 75.7 Å². The summed E-state index contributed by atoms with van der Waals surface area (Å²) in [5, 5.41) is 0. The van der Waals surface area contributed by atoms with E-state index < -0.39 is 27.0 Å². The number of ether oxygens (including phenoxy) is 2. The molecule has 9 heteroatoms. The van der Waals surface area contributed by atoms with Crippen LogP contribution in [0.3, 0.4) is 0 Å². The molecule has 0 heterocycles. The third kappa shape index (κ3) is 30.1. The van der Waals surface area contributed by atoms with Gasteiger partial charge in [0.25, 0.3) is 0 Å². The maximum Gasteiger partial charge on any atom is 1.00 e. The molecule has 0 aliphatic rings. The summed E-state index contributed by atoms with van der Waals surface area (Å²) >= 11 is 0. The minimum Gasteiger partial charge on any atom is -0.744 e. The van der Waals surface area contributed by atoms with Crippen molar-refractivity contribution in [3.8, 4) is 0 Å². The maximum atomic E-state index is 12.9. The molecule has 298 valence electrons. The van der Waals surface area contributed by atoms with Crippen LogP contribution in [-0.2, 0) is 19.6 Å². The summed E-state index contributed by atoms with van der Waals surface area (Å²) in [6.45, 7) is 4.85. The standard InChI is InChI=1S/C44H74O7S.K/c1-3-5-7-9-11-13-15-17-19-21-23-25-27-29-31-33-37-50-43(45)41-36-35-40(52(47,48)49)39-42(41)44(46)51-38-34-32-30-28-26-24-22-20-18-16-14-12-10-8-6-4-2;/h17-20,35-36,39H,3-16,21-34,37-38H2,1-2H3,(H,47,48,49);/q;+1/p-1/b19-17+,20-18+;. The first-order chi connectivity index (χ1) is 25.3. The Balaban J connectivity index is 0.0000270. The topological polar surface area (TPSA) is 110 Å². The van der Waals surface area contributed by atoms with Gasteiger partial charge in [-0.05, 0) is 82.4 Å². The van der Waals surface area contributed by atoms with Crippen LogP contribution in [0, 0.1) is 0 Å². The van der Waals surface area contributed by atoms with Gasteiger partial charge in [-0.25, -0.2) is 18.0 Å². The monoisotopic (exact) mass is 784 g/mol. The van der Waals surface area contributed by atoms with E-state index in [2.05, 4.69) is 38.2 Å². The largest absolute Gasteiger partial charge is 1.00 e. The number of benzene rings is 1. The number of allylic oxidation sites excluding steroid dienone is 4. The van der Waals surface area contributed by atoms with Crippen LogP contribution in [-0.4, -0.2) is 38.1 Å². The van der Waals surface area contributed by atoms with Crippen LogP contribution in [0.2, 0.25) is 0 Å². The maximum absolute atomic E-state index is 12.9. The van der Waals surface area contributed by atoms with Crippen molar-refractivity contribution in [2.24, 2.45) is 0 Å². The van der Waals surface area contributed by atoms with Gasteiger partial charge in [0, 0.05) is 0 Å². The summed E-state index contributed by atoms with van der Waals surface area (Å²) in [5.41, 5.74) is -0.351. The van der Waals surface area contributed by atoms with E-state index in [1.165, 1.54) is 116 Å². The zero-order valence-corrected chi connectivity index (χ0v) is 38.0. The quantitative estimate of drug-likeness (QED) is 0.0222. The van der Waals surface area contributed by atoms with Gasteiger partial charge < -0.3 is 14.0 Å². The van der Waals surface area contributed by atoms with E-state index in [4.69, 9.17) is 9.47 Å². The van der Waals surface area contributed by atoms with Crippen LogP contribution in [0.5, 0.6) is 0 Å². The molecule has 0 unspecified atom stereocenters. The average molecular weight is 785 g/mol. The Morgan fingerprint density at radius 2 is 0.830 bits per heavy atom. The first-order valence-electron chi connectivity index (χ1n) is 21.0. The number of esters is 2. The van der Waals surface area contributed by atoms with Crippen LogP contribution >= 0.6 is 0 Å². The molecule has 1 rings (SSSR count). The molecular weight excluding hydrogens is 712 g/mol. The predicted octanol–water partition coefficient (Wildman–Crippen LogP) is 9.98. The Labute approximate surface area is 367 Å². The second-order valence-electron chi connectivity index (χ2n) is 14.3. The van der Waals surface area contributed by atoms with Crippen molar-refractivity contribution in [1.82, 2.24) is 0 Å². The number of rotatable bonds is 35. The van der Waals surface area contributed by atoms with Gasteiger partial charge >= 0.3 is 63.3 Å². The molecule has 0 aliphatic carbocycles. The first-order valence-corrected chi connectivity index (χ1v) is 22.5. The van der Waals surface area contributed by atoms with Gasteiger partial charge in [-0.3, -0.25) is 0 Å². The molecule has 0 atom stereocenters. The molecule has 0 fully saturated rings. The minimum absolute atomic E-state index is 0. The molecule has 1 aromatic rings. The molecule has 0 aromatic heterocycles. The Kier molecular flexibility index (Phi) is 36.2. The fraction of sp³-hybridized carbons (Fsp3) is 0.727. The van der Waals surface area contributed by atoms with Crippen LogP contribution in [0.25, 0.3) is 0 Å². The molecule has 0 bridgehead atoms. The molecule has 0 spiro atoms. The summed E-state index contributed by atoms with van der Waals surface area (Å²) < 4.78 is 45.7. The van der Waals surface area contributed by atoms with E-state index in [1.807, 2.05) is 0 Å². The van der Waals surface area contributed by atoms with Crippen molar-refractivity contribution >= 4 is 22.1 Å². The number of hydrogen-bond acceptors (Lipinski definition) is 7. The minimum atomic E-state index is -4.82. The molecule has 0 N–H and O–H groups in total. The van der Waals surface area contributed by atoms with E-state index in [0.717, 1.165) is 69.6 Å². The molecule has 0 saturated heterocycles. The molecule has 0 saturated carbocycles. The summed E-state index contributed by atoms with van der Waals surface area (Å²) in [5.74, 6) is -1.56. The van der Waals surface area contributed by atoms with Crippen LogP contribution < -0.4 is 51.4 Å². The second-order valence-corrected chi connectivity index (χ2v) is 15.7. The summed E-state index contributed by atoms with van der Waals surface area (Å²) in [4.78, 5) is 25.2. The molecule has 7 nitrogen and oxygen atoms in total. The van der Waals surface area contributed by atoms with Gasteiger partial charge in [-0.15, -0.1) is 0 Å². The zero-order valence-electron chi connectivity index (χ0n) is 34.0. The van der Waals surface area contributed by atoms with E-state index in [9.17, 15) is 22.6 Å². The van der Waals surface area contributed by atoms with Crippen molar-refractivity contribution in [3.05, 3.63) is 53.6 Å². The number of unbranched alkanes of at least 4 members (excludes halogenated alkanes) is 24. The average Bonchev–Trinajstić information content (AvgIpc) is 3.13. The van der Waals surface area contributed by atoms with Gasteiger partial charge in [0.2, 0.25) is 0 Å². The normalized spacial score (nSPS) is 11.7. The number of carbonyl (C=O) groups excluding carboxylic acids is 2. The van der Waals surface area contributed by atoms with Crippen LogP contribution in [0.15, 0.2) is 47.4 Å². The zero-order chi connectivity index (χ0) is 38.0. The van der Waals surface area contributed by atoms with Gasteiger partial charge in [0.1, 0.15) is 10.1 Å². The van der Waals surface area contributed by atoms with E-state index >= 15 is 0 Å². The van der Waals surface area contributed by atoms with Crippen molar-refractivity contribution in [2.45, 2.75) is 199 Å². The predicted molar refractivity (Wildman–Crippen MR) is 214 cm³/mol. The number of hydrogen-bond donors (Lipinski definition) is 0. The second kappa shape index (κ2) is 36.8.